The lowest BCUT2D eigenvalue weighted by Crippen LogP contribution is -2.45. The van der Waals surface area contributed by atoms with Gasteiger partial charge in [-0.3, -0.25) is 14.5 Å². The van der Waals surface area contributed by atoms with Gasteiger partial charge in [0.1, 0.15) is 0 Å². The highest BCUT2D eigenvalue weighted by Crippen LogP contribution is 2.17. The van der Waals surface area contributed by atoms with Gasteiger partial charge in [-0.05, 0) is 20.3 Å². The lowest BCUT2D eigenvalue weighted by molar-refractivity contribution is -0.138. The molecule has 16 heavy (non-hydrogen) atoms. The summed E-state index contributed by atoms with van der Waals surface area (Å²) < 4.78 is 0. The topological polar surface area (TPSA) is 60.9 Å². The van der Waals surface area contributed by atoms with E-state index in [0.29, 0.717) is 6.54 Å². The third kappa shape index (κ3) is 3.20. The van der Waals surface area contributed by atoms with Crippen molar-refractivity contribution in [3.8, 4) is 0 Å². The first-order chi connectivity index (χ1) is 7.41. The van der Waals surface area contributed by atoms with Gasteiger partial charge in [-0.25, -0.2) is 0 Å². The molecule has 5 nitrogen and oxygen atoms in total. The Labute approximate surface area is 96.0 Å². The monoisotopic (exact) mass is 228 g/mol. The molecule has 0 aromatic heterocycles. The van der Waals surface area contributed by atoms with Crippen molar-refractivity contribution in [3.05, 3.63) is 0 Å². The molecule has 1 saturated heterocycles. The number of hydrogen-bond donors (Lipinski definition) is 1. The zero-order valence-electron chi connectivity index (χ0n) is 10.1. The third-order valence-electron chi connectivity index (χ3n) is 2.92. The van der Waals surface area contributed by atoms with Crippen LogP contribution in [0.5, 0.6) is 0 Å². The van der Waals surface area contributed by atoms with Gasteiger partial charge in [-0.1, -0.05) is 0 Å². The average Bonchev–Trinajstić information content (AvgIpc) is 2.50. The number of carboxylic acid groups (broad SMARTS) is 1. The van der Waals surface area contributed by atoms with Gasteiger partial charge in [0.15, 0.2) is 0 Å². The number of amides is 1. The van der Waals surface area contributed by atoms with E-state index in [9.17, 15) is 9.59 Å². The molecule has 0 aliphatic carbocycles. The second-order valence-electron chi connectivity index (χ2n) is 4.59. The van der Waals surface area contributed by atoms with Crippen molar-refractivity contribution in [2.45, 2.75) is 39.3 Å². The van der Waals surface area contributed by atoms with Crippen molar-refractivity contribution in [3.63, 3.8) is 0 Å². The molecule has 0 radical (unpaired) electrons. The Hall–Kier alpha value is -1.10. The van der Waals surface area contributed by atoms with E-state index in [-0.39, 0.29) is 24.5 Å². The van der Waals surface area contributed by atoms with E-state index in [4.69, 9.17) is 5.11 Å². The first kappa shape index (κ1) is 13.0. The third-order valence-corrected chi connectivity index (χ3v) is 2.92. The zero-order valence-corrected chi connectivity index (χ0v) is 10.1. The van der Waals surface area contributed by atoms with E-state index in [1.165, 1.54) is 0 Å². The van der Waals surface area contributed by atoms with Crippen molar-refractivity contribution in [2.75, 3.05) is 19.6 Å². The predicted molar refractivity (Wildman–Crippen MR) is 60.1 cm³/mol. The molecule has 1 rings (SSSR count). The number of aliphatic carboxylic acids is 1. The van der Waals surface area contributed by atoms with Crippen LogP contribution in [0.4, 0.5) is 0 Å². The van der Waals surface area contributed by atoms with Crippen LogP contribution in [0.3, 0.4) is 0 Å². The molecule has 1 N–H and O–H groups in total. The number of likely N-dealkylation sites (tertiary alicyclic amines) is 1. The van der Waals surface area contributed by atoms with Gasteiger partial charge in [-0.2, -0.15) is 0 Å². The molecule has 92 valence electrons. The number of hydrogen-bond acceptors (Lipinski definition) is 3. The van der Waals surface area contributed by atoms with Crippen molar-refractivity contribution in [2.24, 2.45) is 0 Å². The summed E-state index contributed by atoms with van der Waals surface area (Å²) >= 11 is 0. The van der Waals surface area contributed by atoms with Crippen LogP contribution in [0.15, 0.2) is 0 Å². The van der Waals surface area contributed by atoms with E-state index in [1.807, 2.05) is 23.6 Å². The molecular formula is C11H20N2O3. The van der Waals surface area contributed by atoms with Crippen LogP contribution in [0, 0.1) is 0 Å². The molecule has 5 heteroatoms. The van der Waals surface area contributed by atoms with E-state index in [1.54, 1.807) is 6.92 Å². The fraction of sp³-hybridized carbons (Fsp3) is 0.818. The van der Waals surface area contributed by atoms with E-state index >= 15 is 0 Å². The molecule has 0 saturated carbocycles. The number of carbonyl (C=O) groups is 2. The number of carbonyl (C=O) groups excluding carboxylic acids is 1. The van der Waals surface area contributed by atoms with Gasteiger partial charge in [-0.15, -0.1) is 0 Å². The first-order valence-electron chi connectivity index (χ1n) is 5.65. The quantitative estimate of drug-likeness (QED) is 0.756. The van der Waals surface area contributed by atoms with Crippen LogP contribution in [0.2, 0.25) is 0 Å². The normalized spacial score (nSPS) is 21.4. The molecule has 0 bridgehead atoms. The summed E-state index contributed by atoms with van der Waals surface area (Å²) in [6, 6.07) is 0.337. The molecule has 0 aromatic rings. The summed E-state index contributed by atoms with van der Waals surface area (Å²) in [4.78, 5) is 25.8. The van der Waals surface area contributed by atoms with Crippen molar-refractivity contribution >= 4 is 11.9 Å². The molecule has 1 aliphatic rings. The Kier molecular flexibility index (Phi) is 4.29. The van der Waals surface area contributed by atoms with E-state index in [0.717, 1.165) is 13.0 Å². The first-order valence-corrected chi connectivity index (χ1v) is 5.65. The molecule has 0 spiro atoms. The van der Waals surface area contributed by atoms with Gasteiger partial charge in [0.2, 0.25) is 5.91 Å². The largest absolute Gasteiger partial charge is 0.480 e. The van der Waals surface area contributed by atoms with Crippen LogP contribution in [0.25, 0.3) is 0 Å². The minimum absolute atomic E-state index is 0.0668. The predicted octanol–water partition coefficient (Wildman–Crippen LogP) is 0.402. The van der Waals surface area contributed by atoms with Gasteiger partial charge < -0.3 is 10.0 Å². The lowest BCUT2D eigenvalue weighted by Gasteiger charge is -2.31. The molecule has 1 aliphatic heterocycles. The lowest BCUT2D eigenvalue weighted by atomic mass is 10.1. The fourth-order valence-corrected chi connectivity index (χ4v) is 2.42. The Morgan fingerprint density at radius 2 is 2.12 bits per heavy atom. The Morgan fingerprint density at radius 3 is 2.56 bits per heavy atom. The summed E-state index contributed by atoms with van der Waals surface area (Å²) in [6.45, 7) is 7.04. The minimum atomic E-state index is -0.806. The molecule has 1 atom stereocenters. The summed E-state index contributed by atoms with van der Waals surface area (Å²) in [5.41, 5.74) is 0. The Morgan fingerprint density at radius 1 is 1.50 bits per heavy atom. The highest BCUT2D eigenvalue weighted by molar-refractivity contribution is 5.74. The van der Waals surface area contributed by atoms with Crippen LogP contribution in [0.1, 0.15) is 27.2 Å². The Bertz CT molecular complexity index is 278. The molecule has 1 fully saturated rings. The summed E-state index contributed by atoms with van der Waals surface area (Å²) in [6.07, 6.45) is 0.866. The van der Waals surface area contributed by atoms with E-state index in [2.05, 4.69) is 0 Å². The van der Waals surface area contributed by atoms with Gasteiger partial charge >= 0.3 is 5.97 Å². The Balaban J connectivity index is 2.56. The number of nitrogens with zero attached hydrogens (tertiary/aromatic N) is 2. The van der Waals surface area contributed by atoms with Crippen molar-refractivity contribution in [1.82, 2.24) is 9.80 Å². The molecule has 0 unspecified atom stereocenters. The van der Waals surface area contributed by atoms with Crippen LogP contribution in [-0.2, 0) is 9.59 Å². The van der Waals surface area contributed by atoms with Crippen LogP contribution >= 0.6 is 0 Å². The highest BCUT2D eigenvalue weighted by Gasteiger charge is 2.31. The molecular weight excluding hydrogens is 208 g/mol. The molecule has 1 amide bonds. The smallest absolute Gasteiger partial charge is 0.317 e. The van der Waals surface area contributed by atoms with Gasteiger partial charge in [0, 0.05) is 32.1 Å². The van der Waals surface area contributed by atoms with Gasteiger partial charge in [0.25, 0.3) is 0 Å². The zero-order chi connectivity index (χ0) is 12.3. The minimum Gasteiger partial charge on any atom is -0.480 e. The van der Waals surface area contributed by atoms with Crippen LogP contribution in [-0.4, -0.2) is 58.5 Å². The molecule has 0 aromatic carbocycles. The van der Waals surface area contributed by atoms with Crippen molar-refractivity contribution < 1.29 is 14.7 Å². The number of carboxylic acids is 1. The van der Waals surface area contributed by atoms with Gasteiger partial charge in [0.05, 0.1) is 6.54 Å². The SMILES string of the molecule is CC(=O)N(C(C)C)[C@@H]1CCN(CC(=O)O)C1. The summed E-state index contributed by atoms with van der Waals surface area (Å²) in [5, 5.41) is 8.69. The maximum absolute atomic E-state index is 11.5. The fourth-order valence-electron chi connectivity index (χ4n) is 2.42. The standard InChI is InChI=1S/C11H20N2O3/c1-8(2)13(9(3)14)10-4-5-12(6-10)7-11(15)16/h8,10H,4-7H2,1-3H3,(H,15,16)/t10-/m1/s1. The second-order valence-corrected chi connectivity index (χ2v) is 4.59. The van der Waals surface area contributed by atoms with Crippen LogP contribution < -0.4 is 0 Å². The maximum atomic E-state index is 11.5. The highest BCUT2D eigenvalue weighted by atomic mass is 16.4. The molecule has 1 heterocycles. The second kappa shape index (κ2) is 5.30. The number of rotatable bonds is 4. The summed E-state index contributed by atoms with van der Waals surface area (Å²) in [5.74, 6) is -0.739. The van der Waals surface area contributed by atoms with E-state index < -0.39 is 5.97 Å². The van der Waals surface area contributed by atoms with Crippen molar-refractivity contribution in [1.29, 1.82) is 0 Å². The maximum Gasteiger partial charge on any atom is 0.317 e. The average molecular weight is 228 g/mol. The summed E-state index contributed by atoms with van der Waals surface area (Å²) in [7, 11) is 0.